The lowest BCUT2D eigenvalue weighted by atomic mass is 9.86. The summed E-state index contributed by atoms with van der Waals surface area (Å²) in [5.41, 5.74) is 23.6. The van der Waals surface area contributed by atoms with E-state index in [1.54, 1.807) is 0 Å². The van der Waals surface area contributed by atoms with Gasteiger partial charge in [-0.25, -0.2) is 0 Å². The molecule has 3 heterocycles. The number of carbonyl (C=O) groups is 1. The molecule has 4 aliphatic rings. The molecular formula is C23H42N4O15. The molecule has 0 amide bonds. The van der Waals surface area contributed by atoms with E-state index < -0.39 is 129 Å². The summed E-state index contributed by atoms with van der Waals surface area (Å²) in [5.74, 6) is -0.717. The molecular weight excluding hydrogens is 572 g/mol. The van der Waals surface area contributed by atoms with Gasteiger partial charge in [0.2, 0.25) is 0 Å². The number of ketones is 1. The van der Waals surface area contributed by atoms with Crippen molar-refractivity contribution in [1.82, 2.24) is 0 Å². The van der Waals surface area contributed by atoms with Gasteiger partial charge in [0.05, 0.1) is 25.3 Å². The van der Waals surface area contributed by atoms with Gasteiger partial charge in [-0.2, -0.15) is 0 Å². The van der Waals surface area contributed by atoms with Gasteiger partial charge in [0.25, 0.3) is 0 Å². The molecule has 16 N–H and O–H groups in total. The SMILES string of the molecule is NC[C@@H]1O[C@H](O[C@H]2[C@@H](O)[C@H](O[C@H]3[C@H](O[C@H]4O[C@H](CO)[C@@H](O)[C@H](O)[C@H]4N)[C@@H](N)CC(=O)[C@@H]3O)O[C@@H]2CO)[C@H](N)[C@@H](O)[C@@H]1O. The largest absolute Gasteiger partial charge is 0.394 e. The van der Waals surface area contributed by atoms with Crippen LogP contribution in [0.25, 0.3) is 0 Å². The van der Waals surface area contributed by atoms with Gasteiger partial charge in [-0.3, -0.25) is 4.79 Å². The fourth-order valence-electron chi connectivity index (χ4n) is 5.50. The van der Waals surface area contributed by atoms with Crippen molar-refractivity contribution in [3.8, 4) is 0 Å². The minimum atomic E-state index is -1.83. The molecule has 0 unspecified atom stereocenters. The maximum absolute atomic E-state index is 12.5. The number of aliphatic hydroxyl groups is 8. The Kier molecular flexibility index (Phi) is 11.2. The van der Waals surface area contributed by atoms with Crippen LogP contribution < -0.4 is 22.9 Å². The molecule has 3 aliphatic heterocycles. The zero-order chi connectivity index (χ0) is 31.0. The van der Waals surface area contributed by atoms with Crippen LogP contribution in [0.15, 0.2) is 0 Å². The fraction of sp³-hybridized carbons (Fsp3) is 0.957. The van der Waals surface area contributed by atoms with Crippen molar-refractivity contribution in [2.45, 2.75) is 117 Å². The van der Waals surface area contributed by atoms with E-state index in [4.69, 9.17) is 51.4 Å². The molecule has 0 radical (unpaired) electrons. The third kappa shape index (κ3) is 6.49. The highest BCUT2D eigenvalue weighted by Gasteiger charge is 2.54. The standard InChI is InChI=1S/C23H42N4O15/c24-2-7-13(32)15(34)10(26)21(37-7)41-19-9(4-29)39-23(17(19)36)42-20-12(31)6(30)1-5(25)18(20)40-22-11(27)16(35)14(33)8(3-28)38-22/h5,7-23,28-29,31-36H,1-4,24-27H2/t5-,7-,8+,9+,10+,11+,12-,13+,14+,15+,16+,17+,18+,19+,20+,21+,22+,23-/m0/s1. The van der Waals surface area contributed by atoms with Crippen LogP contribution in [0.5, 0.6) is 0 Å². The summed E-state index contributed by atoms with van der Waals surface area (Å²) in [4.78, 5) is 12.5. The van der Waals surface area contributed by atoms with E-state index >= 15 is 0 Å². The van der Waals surface area contributed by atoms with Gasteiger partial charge in [-0.1, -0.05) is 0 Å². The lowest BCUT2D eigenvalue weighted by Crippen LogP contribution is -2.66. The number of ether oxygens (including phenoxy) is 6. The zero-order valence-corrected chi connectivity index (χ0v) is 22.5. The van der Waals surface area contributed by atoms with Crippen molar-refractivity contribution < 1.29 is 74.1 Å². The van der Waals surface area contributed by atoms with Crippen LogP contribution in [0, 0.1) is 0 Å². The Morgan fingerprint density at radius 2 is 1.12 bits per heavy atom. The average Bonchev–Trinajstić information content (AvgIpc) is 3.27. The fourth-order valence-corrected chi connectivity index (χ4v) is 5.50. The zero-order valence-electron chi connectivity index (χ0n) is 22.5. The molecule has 0 spiro atoms. The highest BCUT2D eigenvalue weighted by atomic mass is 16.8. The van der Waals surface area contributed by atoms with E-state index in [1.165, 1.54) is 0 Å². The van der Waals surface area contributed by atoms with Gasteiger partial charge in [-0.05, 0) is 0 Å². The maximum atomic E-state index is 12.5. The molecule has 0 aromatic heterocycles. The third-order valence-corrected chi connectivity index (χ3v) is 8.08. The summed E-state index contributed by atoms with van der Waals surface area (Å²) in [6.07, 6.45) is -22.3. The Hall–Kier alpha value is -1.05. The summed E-state index contributed by atoms with van der Waals surface area (Å²) in [6.45, 7) is -1.58. The van der Waals surface area contributed by atoms with Gasteiger partial charge in [0.15, 0.2) is 24.7 Å². The molecule has 4 rings (SSSR count). The molecule has 19 heteroatoms. The van der Waals surface area contributed by atoms with Crippen molar-refractivity contribution in [3.63, 3.8) is 0 Å². The first kappa shape index (κ1) is 33.8. The van der Waals surface area contributed by atoms with Gasteiger partial charge < -0.3 is 92.2 Å². The van der Waals surface area contributed by atoms with Crippen molar-refractivity contribution in [2.75, 3.05) is 19.8 Å². The molecule has 42 heavy (non-hydrogen) atoms. The predicted molar refractivity (Wildman–Crippen MR) is 133 cm³/mol. The second-order valence-electron chi connectivity index (χ2n) is 10.9. The van der Waals surface area contributed by atoms with E-state index in [2.05, 4.69) is 0 Å². The number of rotatable bonds is 9. The second-order valence-corrected chi connectivity index (χ2v) is 10.9. The average molecular weight is 615 g/mol. The summed E-state index contributed by atoms with van der Waals surface area (Å²) in [7, 11) is 0. The maximum Gasteiger partial charge on any atom is 0.187 e. The Labute approximate surface area is 239 Å². The van der Waals surface area contributed by atoms with E-state index in [0.717, 1.165) is 0 Å². The topological polar surface area (TPSA) is 338 Å². The quantitative estimate of drug-likeness (QED) is 0.115. The number of Topliss-reactive ketones (excluding diaryl/α,β-unsaturated/α-hetero) is 1. The molecule has 1 saturated carbocycles. The molecule has 4 fully saturated rings. The molecule has 19 nitrogen and oxygen atoms in total. The number of hydrogen-bond donors (Lipinski definition) is 12. The Morgan fingerprint density at radius 3 is 1.67 bits per heavy atom. The first-order chi connectivity index (χ1) is 19.8. The van der Waals surface area contributed by atoms with Gasteiger partial charge in [0.1, 0.15) is 73.2 Å². The highest BCUT2D eigenvalue weighted by molar-refractivity contribution is 5.85. The first-order valence-corrected chi connectivity index (χ1v) is 13.6. The minimum absolute atomic E-state index is 0.192. The molecule has 0 bridgehead atoms. The Morgan fingerprint density at radius 1 is 0.643 bits per heavy atom. The lowest BCUT2D eigenvalue weighted by molar-refractivity contribution is -0.306. The number of hydrogen-bond acceptors (Lipinski definition) is 19. The van der Waals surface area contributed by atoms with E-state index in [1.807, 2.05) is 0 Å². The van der Waals surface area contributed by atoms with Crippen molar-refractivity contribution >= 4 is 5.78 Å². The molecule has 3 saturated heterocycles. The van der Waals surface area contributed by atoms with E-state index in [9.17, 15) is 45.6 Å². The van der Waals surface area contributed by atoms with E-state index in [0.29, 0.717) is 0 Å². The summed E-state index contributed by atoms with van der Waals surface area (Å²) >= 11 is 0. The van der Waals surface area contributed by atoms with Crippen LogP contribution in [0.2, 0.25) is 0 Å². The van der Waals surface area contributed by atoms with Crippen LogP contribution >= 0.6 is 0 Å². The van der Waals surface area contributed by atoms with Crippen molar-refractivity contribution in [3.05, 3.63) is 0 Å². The van der Waals surface area contributed by atoms with Crippen molar-refractivity contribution in [2.24, 2.45) is 22.9 Å². The number of carbonyl (C=O) groups excluding carboxylic acids is 1. The van der Waals surface area contributed by atoms with Crippen LogP contribution in [0.3, 0.4) is 0 Å². The van der Waals surface area contributed by atoms with Crippen LogP contribution in [0.4, 0.5) is 0 Å². The summed E-state index contributed by atoms with van der Waals surface area (Å²) < 4.78 is 34.0. The van der Waals surface area contributed by atoms with Crippen molar-refractivity contribution in [1.29, 1.82) is 0 Å². The van der Waals surface area contributed by atoms with E-state index in [-0.39, 0.29) is 13.0 Å². The monoisotopic (exact) mass is 614 g/mol. The Balaban J connectivity index is 1.50. The van der Waals surface area contributed by atoms with Crippen LogP contribution in [-0.2, 0) is 33.2 Å². The second kappa shape index (κ2) is 13.9. The normalized spacial score (nSPS) is 52.0. The molecule has 1 aliphatic carbocycles. The number of nitrogens with two attached hydrogens (primary N) is 4. The smallest absolute Gasteiger partial charge is 0.187 e. The predicted octanol–water partition coefficient (Wildman–Crippen LogP) is -8.62. The van der Waals surface area contributed by atoms with Crippen LogP contribution in [0.1, 0.15) is 6.42 Å². The third-order valence-electron chi connectivity index (χ3n) is 8.08. The summed E-state index contributed by atoms with van der Waals surface area (Å²) in [5, 5.41) is 81.9. The minimum Gasteiger partial charge on any atom is -0.394 e. The lowest BCUT2D eigenvalue weighted by Gasteiger charge is -2.45. The molecule has 0 aromatic rings. The molecule has 244 valence electrons. The van der Waals surface area contributed by atoms with Crippen LogP contribution in [-0.4, -0.2) is 177 Å². The molecule has 0 aromatic carbocycles. The van der Waals surface area contributed by atoms with Gasteiger partial charge >= 0.3 is 0 Å². The highest BCUT2D eigenvalue weighted by Crippen LogP contribution is 2.33. The Bertz CT molecular complexity index is 906. The van der Waals surface area contributed by atoms with Gasteiger partial charge in [-0.15, -0.1) is 0 Å². The molecule has 18 atom stereocenters. The van der Waals surface area contributed by atoms with Gasteiger partial charge in [0, 0.05) is 19.0 Å². The number of aliphatic hydroxyl groups excluding tert-OH is 8. The first-order valence-electron chi connectivity index (χ1n) is 13.6. The summed E-state index contributed by atoms with van der Waals surface area (Å²) in [6, 6.07) is -3.72.